The minimum absolute atomic E-state index is 0.0990. The minimum Gasteiger partial charge on any atom is -0.368 e. The standard InChI is InChI=1S/C19H18ClF2N5O/c1-2-17-25-16-9-11(20)3-5-13(16)18(27-17)23-7-8-24-19(28)26-15-6-4-12(21)10-14(15)22/h3-6,9-10H,2,7-8H2,1H3,(H,23,25,27)(H2,24,26,28). The summed E-state index contributed by atoms with van der Waals surface area (Å²) in [6, 6.07) is 7.69. The summed E-state index contributed by atoms with van der Waals surface area (Å²) in [4.78, 5) is 20.8. The van der Waals surface area contributed by atoms with Crippen LogP contribution in [0.4, 0.5) is 25.1 Å². The Morgan fingerprint density at radius 2 is 1.93 bits per heavy atom. The van der Waals surface area contributed by atoms with Crippen LogP contribution in [0.1, 0.15) is 12.7 Å². The van der Waals surface area contributed by atoms with E-state index in [-0.39, 0.29) is 12.2 Å². The molecule has 0 atom stereocenters. The number of amides is 2. The maximum absolute atomic E-state index is 13.6. The molecule has 0 saturated carbocycles. The van der Waals surface area contributed by atoms with Gasteiger partial charge in [0.25, 0.3) is 0 Å². The summed E-state index contributed by atoms with van der Waals surface area (Å²) in [7, 11) is 0. The fourth-order valence-electron chi connectivity index (χ4n) is 2.56. The summed E-state index contributed by atoms with van der Waals surface area (Å²) in [5.41, 5.74) is 0.637. The second-order valence-corrected chi connectivity index (χ2v) is 6.37. The Bertz CT molecular complexity index is 1020. The molecular formula is C19H18ClF2N5O. The molecular weight excluding hydrogens is 388 g/mol. The molecule has 9 heteroatoms. The Kier molecular flexibility index (Phi) is 6.20. The molecule has 3 N–H and O–H groups in total. The molecule has 2 aromatic carbocycles. The zero-order valence-electron chi connectivity index (χ0n) is 15.0. The molecule has 0 aliphatic carbocycles. The molecule has 146 valence electrons. The molecule has 3 rings (SSSR count). The summed E-state index contributed by atoms with van der Waals surface area (Å²) < 4.78 is 26.4. The third-order valence-corrected chi connectivity index (χ3v) is 4.14. The molecule has 6 nitrogen and oxygen atoms in total. The zero-order valence-corrected chi connectivity index (χ0v) is 15.8. The highest BCUT2D eigenvalue weighted by Crippen LogP contribution is 2.23. The second-order valence-electron chi connectivity index (χ2n) is 5.94. The Hall–Kier alpha value is -3.00. The van der Waals surface area contributed by atoms with E-state index < -0.39 is 17.7 Å². The van der Waals surface area contributed by atoms with E-state index in [1.807, 2.05) is 13.0 Å². The summed E-state index contributed by atoms with van der Waals surface area (Å²) in [5.74, 6) is -0.232. The average Bonchev–Trinajstić information content (AvgIpc) is 2.66. The maximum atomic E-state index is 13.6. The number of rotatable bonds is 6. The van der Waals surface area contributed by atoms with E-state index in [9.17, 15) is 13.6 Å². The number of nitrogens with one attached hydrogen (secondary N) is 3. The summed E-state index contributed by atoms with van der Waals surface area (Å²) >= 11 is 6.03. The molecule has 0 unspecified atom stereocenters. The lowest BCUT2D eigenvalue weighted by Gasteiger charge is -2.12. The molecule has 28 heavy (non-hydrogen) atoms. The zero-order chi connectivity index (χ0) is 20.1. The van der Waals surface area contributed by atoms with Crippen molar-refractivity contribution in [3.8, 4) is 0 Å². The van der Waals surface area contributed by atoms with Crippen molar-refractivity contribution in [1.82, 2.24) is 15.3 Å². The fourth-order valence-corrected chi connectivity index (χ4v) is 2.72. The van der Waals surface area contributed by atoms with Crippen molar-refractivity contribution in [1.29, 1.82) is 0 Å². The fraction of sp³-hybridized carbons (Fsp3) is 0.211. The predicted molar refractivity (Wildman–Crippen MR) is 106 cm³/mol. The van der Waals surface area contributed by atoms with Crippen molar-refractivity contribution in [3.63, 3.8) is 0 Å². The van der Waals surface area contributed by atoms with Gasteiger partial charge in [0.2, 0.25) is 0 Å². The van der Waals surface area contributed by atoms with Crippen LogP contribution in [0.3, 0.4) is 0 Å². The van der Waals surface area contributed by atoms with Crippen molar-refractivity contribution in [2.75, 3.05) is 23.7 Å². The van der Waals surface area contributed by atoms with E-state index in [1.165, 1.54) is 0 Å². The van der Waals surface area contributed by atoms with Crippen LogP contribution in [0.25, 0.3) is 10.9 Å². The Balaban J connectivity index is 1.58. The van der Waals surface area contributed by atoms with Gasteiger partial charge in [0.05, 0.1) is 11.2 Å². The lowest BCUT2D eigenvalue weighted by molar-refractivity contribution is 0.252. The van der Waals surface area contributed by atoms with Gasteiger partial charge in [-0.1, -0.05) is 18.5 Å². The number of anilines is 2. The molecule has 1 aromatic heterocycles. The largest absolute Gasteiger partial charge is 0.368 e. The van der Waals surface area contributed by atoms with Crippen LogP contribution in [0, 0.1) is 11.6 Å². The van der Waals surface area contributed by atoms with Gasteiger partial charge in [-0.3, -0.25) is 0 Å². The monoisotopic (exact) mass is 405 g/mol. The van der Waals surface area contributed by atoms with Crippen LogP contribution in [-0.2, 0) is 6.42 Å². The van der Waals surface area contributed by atoms with Crippen molar-refractivity contribution in [2.24, 2.45) is 0 Å². The number of hydrogen-bond acceptors (Lipinski definition) is 4. The van der Waals surface area contributed by atoms with E-state index in [2.05, 4.69) is 25.9 Å². The van der Waals surface area contributed by atoms with Crippen molar-refractivity contribution < 1.29 is 13.6 Å². The molecule has 0 spiro atoms. The predicted octanol–water partition coefficient (Wildman–Crippen LogP) is 4.36. The first kappa shape index (κ1) is 19.8. The van der Waals surface area contributed by atoms with E-state index in [4.69, 9.17) is 11.6 Å². The summed E-state index contributed by atoms with van der Waals surface area (Å²) in [5, 5.41) is 9.49. The van der Waals surface area contributed by atoms with Gasteiger partial charge in [0, 0.05) is 36.0 Å². The number of urea groups is 1. The number of fused-ring (bicyclic) bond motifs is 1. The van der Waals surface area contributed by atoms with Gasteiger partial charge in [0.15, 0.2) is 0 Å². The van der Waals surface area contributed by atoms with Crippen LogP contribution in [0.5, 0.6) is 0 Å². The molecule has 2 amide bonds. The van der Waals surface area contributed by atoms with Gasteiger partial charge in [0.1, 0.15) is 23.3 Å². The highest BCUT2D eigenvalue weighted by Gasteiger charge is 2.09. The second kappa shape index (κ2) is 8.79. The Morgan fingerprint density at radius 1 is 1.11 bits per heavy atom. The molecule has 0 bridgehead atoms. The molecule has 0 saturated heterocycles. The number of hydrogen-bond donors (Lipinski definition) is 3. The van der Waals surface area contributed by atoms with E-state index >= 15 is 0 Å². The van der Waals surface area contributed by atoms with Gasteiger partial charge in [-0.05, 0) is 30.3 Å². The Labute approximate surface area is 165 Å². The number of benzene rings is 2. The third-order valence-electron chi connectivity index (χ3n) is 3.90. The number of carbonyl (C=O) groups excluding carboxylic acids is 1. The van der Waals surface area contributed by atoms with Gasteiger partial charge < -0.3 is 16.0 Å². The van der Waals surface area contributed by atoms with Gasteiger partial charge in [-0.15, -0.1) is 0 Å². The maximum Gasteiger partial charge on any atom is 0.319 e. The molecule has 0 aliphatic heterocycles. The van der Waals surface area contributed by atoms with Crippen LogP contribution in [0.2, 0.25) is 5.02 Å². The topological polar surface area (TPSA) is 78.9 Å². The van der Waals surface area contributed by atoms with Crippen molar-refractivity contribution in [2.45, 2.75) is 13.3 Å². The highest BCUT2D eigenvalue weighted by atomic mass is 35.5. The quantitative estimate of drug-likeness (QED) is 0.532. The SMILES string of the molecule is CCc1nc(NCCNC(=O)Nc2ccc(F)cc2F)c2ccc(Cl)cc2n1. The molecule has 0 fully saturated rings. The minimum atomic E-state index is -0.841. The normalized spacial score (nSPS) is 10.7. The van der Waals surface area contributed by atoms with Gasteiger partial charge in [-0.25, -0.2) is 23.5 Å². The lowest BCUT2D eigenvalue weighted by Crippen LogP contribution is -2.33. The molecule has 0 aliphatic rings. The number of carbonyl (C=O) groups is 1. The summed E-state index contributed by atoms with van der Waals surface area (Å²) in [6.07, 6.45) is 0.668. The molecule has 3 aromatic rings. The van der Waals surface area contributed by atoms with Gasteiger partial charge in [-0.2, -0.15) is 0 Å². The first-order chi connectivity index (χ1) is 13.5. The lowest BCUT2D eigenvalue weighted by atomic mass is 10.2. The van der Waals surface area contributed by atoms with E-state index in [0.717, 1.165) is 23.0 Å². The molecule has 0 radical (unpaired) electrons. The first-order valence-electron chi connectivity index (χ1n) is 8.66. The first-order valence-corrected chi connectivity index (χ1v) is 9.04. The average molecular weight is 406 g/mol. The highest BCUT2D eigenvalue weighted by molar-refractivity contribution is 6.31. The van der Waals surface area contributed by atoms with Crippen LogP contribution >= 0.6 is 11.6 Å². The van der Waals surface area contributed by atoms with Gasteiger partial charge >= 0.3 is 6.03 Å². The number of nitrogens with zero attached hydrogens (tertiary/aromatic N) is 2. The van der Waals surface area contributed by atoms with Crippen molar-refractivity contribution in [3.05, 3.63) is 58.9 Å². The number of aryl methyl sites for hydroxylation is 1. The van der Waals surface area contributed by atoms with Crippen molar-refractivity contribution >= 4 is 40.0 Å². The van der Waals surface area contributed by atoms with E-state index in [1.54, 1.807) is 12.1 Å². The summed E-state index contributed by atoms with van der Waals surface area (Å²) in [6.45, 7) is 2.60. The van der Waals surface area contributed by atoms with Crippen LogP contribution < -0.4 is 16.0 Å². The molecule has 1 heterocycles. The van der Waals surface area contributed by atoms with Crippen LogP contribution in [0.15, 0.2) is 36.4 Å². The number of halogens is 3. The smallest absolute Gasteiger partial charge is 0.319 e. The third kappa shape index (κ3) is 4.83. The Morgan fingerprint density at radius 3 is 2.68 bits per heavy atom. The van der Waals surface area contributed by atoms with Crippen LogP contribution in [-0.4, -0.2) is 29.1 Å². The van der Waals surface area contributed by atoms with E-state index in [0.29, 0.717) is 35.7 Å². The number of aromatic nitrogens is 2.